The minimum Gasteiger partial charge on any atom is -0.365 e. The van der Waals surface area contributed by atoms with Crippen molar-refractivity contribution < 1.29 is 4.79 Å². The average molecular weight is 388 g/mol. The molecule has 1 saturated heterocycles. The van der Waals surface area contributed by atoms with E-state index in [1.54, 1.807) is 6.20 Å². The third-order valence-electron chi connectivity index (χ3n) is 4.44. The van der Waals surface area contributed by atoms with E-state index in [1.165, 1.54) is 17.5 Å². The number of aromatic nitrogens is 1. The number of rotatable bonds is 4. The van der Waals surface area contributed by atoms with Gasteiger partial charge in [0.1, 0.15) is 5.82 Å². The first-order chi connectivity index (χ1) is 11.6. The van der Waals surface area contributed by atoms with E-state index >= 15 is 0 Å². The van der Waals surface area contributed by atoms with Crippen molar-refractivity contribution in [3.8, 4) is 0 Å². The van der Waals surface area contributed by atoms with Gasteiger partial charge in [-0.3, -0.25) is 4.79 Å². The lowest BCUT2D eigenvalue weighted by Gasteiger charge is -2.27. The minimum absolute atomic E-state index is 0.0799. The summed E-state index contributed by atoms with van der Waals surface area (Å²) in [5.41, 5.74) is 3.06. The zero-order valence-corrected chi connectivity index (χ0v) is 15.5. The highest BCUT2D eigenvalue weighted by Gasteiger charge is 2.21. The van der Waals surface area contributed by atoms with Gasteiger partial charge in [-0.1, -0.05) is 22.0 Å². The van der Waals surface area contributed by atoms with Crippen molar-refractivity contribution in [1.82, 2.24) is 9.88 Å². The molecular formula is C19H22BrN3O. The molecule has 0 bridgehead atoms. The Hall–Kier alpha value is -1.88. The number of nitrogens with zero attached hydrogens (tertiary/aromatic N) is 2. The quantitative estimate of drug-likeness (QED) is 0.845. The van der Waals surface area contributed by atoms with E-state index in [4.69, 9.17) is 0 Å². The lowest BCUT2D eigenvalue weighted by Crippen LogP contribution is -2.36. The molecule has 0 atom stereocenters. The van der Waals surface area contributed by atoms with Gasteiger partial charge in [0.05, 0.1) is 5.56 Å². The molecule has 1 aromatic heterocycles. The standard InChI is InChI=1S/C19H22BrN3O/c1-14-7-8-16(20)12-15(14)13-22-18-17(6-5-9-21-18)19(24)23-10-3-2-4-11-23/h5-9,12H,2-4,10-11,13H2,1H3,(H,21,22). The Morgan fingerprint density at radius 2 is 2.04 bits per heavy atom. The molecule has 0 saturated carbocycles. The largest absolute Gasteiger partial charge is 0.365 e. The molecule has 2 heterocycles. The predicted octanol–water partition coefficient (Wildman–Crippen LogP) is 4.39. The molecule has 0 aliphatic carbocycles. The lowest BCUT2D eigenvalue weighted by molar-refractivity contribution is 0.0725. The van der Waals surface area contributed by atoms with Gasteiger partial charge in [0, 0.05) is 30.3 Å². The van der Waals surface area contributed by atoms with Gasteiger partial charge in [0.25, 0.3) is 5.91 Å². The minimum atomic E-state index is 0.0799. The lowest BCUT2D eigenvalue weighted by atomic mass is 10.1. The van der Waals surface area contributed by atoms with Crippen molar-refractivity contribution in [2.24, 2.45) is 0 Å². The summed E-state index contributed by atoms with van der Waals surface area (Å²) in [5, 5.41) is 3.34. The molecule has 1 amide bonds. The number of halogens is 1. The van der Waals surface area contributed by atoms with Crippen LogP contribution < -0.4 is 5.32 Å². The Balaban J connectivity index is 1.76. The first-order valence-electron chi connectivity index (χ1n) is 8.38. The van der Waals surface area contributed by atoms with E-state index in [9.17, 15) is 4.79 Å². The molecule has 5 heteroatoms. The molecule has 126 valence electrons. The van der Waals surface area contributed by atoms with Crippen molar-refractivity contribution in [2.45, 2.75) is 32.7 Å². The van der Waals surface area contributed by atoms with Crippen LogP contribution in [0.1, 0.15) is 40.7 Å². The van der Waals surface area contributed by atoms with Gasteiger partial charge < -0.3 is 10.2 Å². The number of pyridine rings is 1. The van der Waals surface area contributed by atoms with Crippen molar-refractivity contribution in [3.05, 3.63) is 57.7 Å². The van der Waals surface area contributed by atoms with E-state index in [2.05, 4.69) is 45.3 Å². The number of likely N-dealkylation sites (tertiary alicyclic amines) is 1. The summed E-state index contributed by atoms with van der Waals surface area (Å²) in [5.74, 6) is 0.740. The first-order valence-corrected chi connectivity index (χ1v) is 9.17. The highest BCUT2D eigenvalue weighted by atomic mass is 79.9. The van der Waals surface area contributed by atoms with Gasteiger partial charge in [-0.2, -0.15) is 0 Å². The van der Waals surface area contributed by atoms with Crippen LogP contribution in [0.3, 0.4) is 0 Å². The molecule has 3 rings (SSSR count). The van der Waals surface area contributed by atoms with E-state index in [-0.39, 0.29) is 5.91 Å². The van der Waals surface area contributed by atoms with Gasteiger partial charge in [-0.15, -0.1) is 0 Å². The Kier molecular flexibility index (Phi) is 5.51. The summed E-state index contributed by atoms with van der Waals surface area (Å²) in [6, 6.07) is 9.90. The van der Waals surface area contributed by atoms with Crippen molar-refractivity contribution >= 4 is 27.7 Å². The Bertz CT molecular complexity index is 726. The van der Waals surface area contributed by atoms with E-state index < -0.39 is 0 Å². The number of piperidine rings is 1. The number of nitrogens with one attached hydrogen (secondary N) is 1. The number of hydrogen-bond donors (Lipinski definition) is 1. The molecular weight excluding hydrogens is 366 g/mol. The molecule has 1 aliphatic rings. The monoisotopic (exact) mass is 387 g/mol. The van der Waals surface area contributed by atoms with Crippen LogP contribution in [0, 0.1) is 6.92 Å². The smallest absolute Gasteiger partial charge is 0.257 e. The second kappa shape index (κ2) is 7.79. The molecule has 4 nitrogen and oxygen atoms in total. The fourth-order valence-electron chi connectivity index (χ4n) is 3.00. The number of benzene rings is 1. The van der Waals surface area contributed by atoms with Crippen LogP contribution in [-0.2, 0) is 6.54 Å². The van der Waals surface area contributed by atoms with Crippen molar-refractivity contribution in [1.29, 1.82) is 0 Å². The molecule has 1 N–H and O–H groups in total. The van der Waals surface area contributed by atoms with Gasteiger partial charge in [-0.05, 0) is 61.6 Å². The van der Waals surface area contributed by atoms with Gasteiger partial charge in [-0.25, -0.2) is 4.98 Å². The molecule has 0 radical (unpaired) electrons. The van der Waals surface area contributed by atoms with Crippen LogP contribution in [0.5, 0.6) is 0 Å². The van der Waals surface area contributed by atoms with Crippen LogP contribution in [0.2, 0.25) is 0 Å². The zero-order chi connectivity index (χ0) is 16.9. The third-order valence-corrected chi connectivity index (χ3v) is 4.93. The Morgan fingerprint density at radius 3 is 2.83 bits per heavy atom. The molecule has 0 unspecified atom stereocenters. The summed E-state index contributed by atoms with van der Waals surface area (Å²) in [6.07, 6.45) is 5.12. The van der Waals surface area contributed by atoms with Crippen LogP contribution >= 0.6 is 15.9 Å². The highest BCUT2D eigenvalue weighted by molar-refractivity contribution is 9.10. The second-order valence-electron chi connectivity index (χ2n) is 6.18. The molecule has 0 spiro atoms. The zero-order valence-electron chi connectivity index (χ0n) is 13.9. The van der Waals surface area contributed by atoms with Crippen LogP contribution in [-0.4, -0.2) is 28.9 Å². The maximum atomic E-state index is 12.8. The molecule has 1 aliphatic heterocycles. The topological polar surface area (TPSA) is 45.2 Å². The molecule has 2 aromatic rings. The maximum Gasteiger partial charge on any atom is 0.257 e. The fourth-order valence-corrected chi connectivity index (χ4v) is 3.40. The summed E-state index contributed by atoms with van der Waals surface area (Å²) in [4.78, 5) is 19.1. The molecule has 24 heavy (non-hydrogen) atoms. The van der Waals surface area contributed by atoms with Crippen LogP contribution in [0.25, 0.3) is 0 Å². The summed E-state index contributed by atoms with van der Waals surface area (Å²) in [7, 11) is 0. The normalized spacial score (nSPS) is 14.5. The summed E-state index contributed by atoms with van der Waals surface area (Å²) < 4.78 is 1.05. The Morgan fingerprint density at radius 1 is 1.25 bits per heavy atom. The molecule has 1 fully saturated rings. The van der Waals surface area contributed by atoms with Crippen molar-refractivity contribution in [3.63, 3.8) is 0 Å². The second-order valence-corrected chi connectivity index (χ2v) is 7.09. The summed E-state index contributed by atoms with van der Waals surface area (Å²) >= 11 is 3.51. The van der Waals surface area contributed by atoms with E-state index in [0.717, 1.165) is 30.4 Å². The first kappa shape index (κ1) is 17.0. The number of amides is 1. The van der Waals surface area contributed by atoms with Gasteiger partial charge in [0.15, 0.2) is 0 Å². The fraction of sp³-hybridized carbons (Fsp3) is 0.368. The number of hydrogen-bond acceptors (Lipinski definition) is 3. The Labute approximate surface area is 151 Å². The van der Waals surface area contributed by atoms with E-state index in [0.29, 0.717) is 17.9 Å². The average Bonchev–Trinajstić information content (AvgIpc) is 2.63. The number of aryl methyl sites for hydroxylation is 1. The van der Waals surface area contributed by atoms with Gasteiger partial charge in [0.2, 0.25) is 0 Å². The third kappa shape index (κ3) is 3.96. The van der Waals surface area contributed by atoms with E-state index in [1.807, 2.05) is 23.1 Å². The number of anilines is 1. The van der Waals surface area contributed by atoms with Crippen molar-refractivity contribution in [2.75, 3.05) is 18.4 Å². The number of carbonyl (C=O) groups is 1. The highest BCUT2D eigenvalue weighted by Crippen LogP contribution is 2.20. The summed E-state index contributed by atoms with van der Waals surface area (Å²) in [6.45, 7) is 4.42. The van der Waals surface area contributed by atoms with Crippen LogP contribution in [0.4, 0.5) is 5.82 Å². The SMILES string of the molecule is Cc1ccc(Br)cc1CNc1ncccc1C(=O)N1CCCCC1. The van der Waals surface area contributed by atoms with Crippen LogP contribution in [0.15, 0.2) is 41.0 Å². The maximum absolute atomic E-state index is 12.8. The predicted molar refractivity (Wildman–Crippen MR) is 100 cm³/mol. The molecule has 1 aromatic carbocycles. The van der Waals surface area contributed by atoms with Gasteiger partial charge >= 0.3 is 0 Å². The number of carbonyl (C=O) groups excluding carboxylic acids is 1.